The number of nitrogens with zero attached hydrogens (tertiary/aromatic N) is 2. The molecule has 0 aromatic heterocycles. The number of rotatable bonds is 7. The van der Waals surface area contributed by atoms with E-state index in [1.807, 2.05) is 6.92 Å². The molecule has 0 fully saturated rings. The molecule has 0 aliphatic carbocycles. The summed E-state index contributed by atoms with van der Waals surface area (Å²) in [5, 5.41) is 20.4. The van der Waals surface area contributed by atoms with Crippen molar-refractivity contribution in [2.45, 2.75) is 26.2 Å². The van der Waals surface area contributed by atoms with Gasteiger partial charge in [-0.2, -0.15) is 5.26 Å². The molecule has 0 heterocycles. The summed E-state index contributed by atoms with van der Waals surface area (Å²) in [5.41, 5.74) is -0.389. The number of carbonyl (C=O) groups excluding carboxylic acids is 1. The Hall–Kier alpha value is -2.62. The van der Waals surface area contributed by atoms with Gasteiger partial charge in [0.05, 0.1) is 29.8 Å². The highest BCUT2D eigenvalue weighted by Gasteiger charge is 2.32. The van der Waals surface area contributed by atoms with Crippen LogP contribution < -0.4 is 4.74 Å². The van der Waals surface area contributed by atoms with Crippen molar-refractivity contribution in [2.75, 3.05) is 13.2 Å². The smallest absolute Gasteiger partial charge is 0.328 e. The molecule has 0 amide bonds. The van der Waals surface area contributed by atoms with Gasteiger partial charge in [0, 0.05) is 0 Å². The van der Waals surface area contributed by atoms with Crippen molar-refractivity contribution < 1.29 is 19.2 Å². The highest BCUT2D eigenvalue weighted by molar-refractivity contribution is 5.83. The summed E-state index contributed by atoms with van der Waals surface area (Å²) in [6.45, 7) is 3.87. The van der Waals surface area contributed by atoms with Crippen LogP contribution in [0, 0.1) is 21.4 Å². The van der Waals surface area contributed by atoms with E-state index < -0.39 is 16.8 Å². The van der Waals surface area contributed by atoms with E-state index in [0.29, 0.717) is 13.0 Å². The van der Waals surface area contributed by atoms with Crippen LogP contribution in [0.3, 0.4) is 0 Å². The third kappa shape index (κ3) is 3.92. The number of nitro groups is 1. The maximum absolute atomic E-state index is 11.8. The highest BCUT2D eigenvalue weighted by Crippen LogP contribution is 2.35. The molecule has 1 atom stereocenters. The second-order valence-corrected chi connectivity index (χ2v) is 4.11. The zero-order valence-electron chi connectivity index (χ0n) is 11.9. The Morgan fingerprint density at radius 3 is 2.71 bits per heavy atom. The van der Waals surface area contributed by atoms with Gasteiger partial charge in [-0.3, -0.25) is 14.9 Å². The third-order valence-electron chi connectivity index (χ3n) is 2.64. The van der Waals surface area contributed by atoms with Crippen molar-refractivity contribution >= 4 is 11.7 Å². The lowest BCUT2D eigenvalue weighted by Crippen LogP contribution is -2.16. The number of benzene rings is 1. The van der Waals surface area contributed by atoms with Crippen LogP contribution >= 0.6 is 0 Å². The predicted octanol–water partition coefficient (Wildman–Crippen LogP) is 2.55. The number of ether oxygens (including phenoxy) is 2. The molecule has 0 spiro atoms. The van der Waals surface area contributed by atoms with Crippen LogP contribution in [0.1, 0.15) is 31.7 Å². The van der Waals surface area contributed by atoms with Gasteiger partial charge in [0.1, 0.15) is 0 Å². The first kappa shape index (κ1) is 16.4. The fourth-order valence-corrected chi connectivity index (χ4v) is 1.77. The lowest BCUT2D eigenvalue weighted by molar-refractivity contribution is -0.386. The summed E-state index contributed by atoms with van der Waals surface area (Å²) in [6.07, 6.45) is 0.681. The molecule has 0 radical (unpaired) electrons. The zero-order valence-corrected chi connectivity index (χ0v) is 11.9. The normalized spacial score (nSPS) is 11.3. The van der Waals surface area contributed by atoms with Crippen molar-refractivity contribution in [2.24, 2.45) is 0 Å². The molecule has 0 bridgehead atoms. The van der Waals surface area contributed by atoms with Crippen LogP contribution in [0.2, 0.25) is 0 Å². The molecule has 1 aromatic carbocycles. The average Bonchev–Trinajstić information content (AvgIpc) is 2.46. The maximum Gasteiger partial charge on any atom is 0.328 e. The number of nitriles is 1. The van der Waals surface area contributed by atoms with Crippen LogP contribution in [0.5, 0.6) is 5.75 Å². The first-order valence-electron chi connectivity index (χ1n) is 6.53. The van der Waals surface area contributed by atoms with Crippen molar-refractivity contribution in [3.63, 3.8) is 0 Å². The van der Waals surface area contributed by atoms with Crippen molar-refractivity contribution in [1.29, 1.82) is 5.26 Å². The standard InChI is InChI=1S/C14H16N2O5/c1-3-8-21-12-7-5-6-10(13(12)16(18)19)11(9-15)14(17)20-4-2/h5-7,11H,3-4,8H2,1-2H3. The summed E-state index contributed by atoms with van der Waals surface area (Å²) < 4.78 is 10.1. The van der Waals surface area contributed by atoms with Gasteiger partial charge in [-0.25, -0.2) is 0 Å². The topological polar surface area (TPSA) is 102 Å². The average molecular weight is 292 g/mol. The SMILES string of the molecule is CCCOc1cccc(C(C#N)C(=O)OCC)c1[N+](=O)[O-]. The molecule has 0 aliphatic rings. The number of hydrogen-bond acceptors (Lipinski definition) is 6. The van der Waals surface area contributed by atoms with Gasteiger partial charge >= 0.3 is 11.7 Å². The van der Waals surface area contributed by atoms with Crippen molar-refractivity contribution in [3.8, 4) is 11.8 Å². The van der Waals surface area contributed by atoms with E-state index in [1.165, 1.54) is 18.2 Å². The minimum absolute atomic E-state index is 0.0189. The van der Waals surface area contributed by atoms with Gasteiger partial charge in [0.2, 0.25) is 0 Å². The summed E-state index contributed by atoms with van der Waals surface area (Å²) in [5.74, 6) is -2.12. The van der Waals surface area contributed by atoms with E-state index in [0.717, 1.165) is 0 Å². The molecule has 21 heavy (non-hydrogen) atoms. The Bertz CT molecular complexity index is 565. The van der Waals surface area contributed by atoms with E-state index in [1.54, 1.807) is 13.0 Å². The molecule has 7 nitrogen and oxygen atoms in total. The van der Waals surface area contributed by atoms with Gasteiger partial charge < -0.3 is 9.47 Å². The monoisotopic (exact) mass is 292 g/mol. The van der Waals surface area contributed by atoms with E-state index in [-0.39, 0.29) is 23.6 Å². The second-order valence-electron chi connectivity index (χ2n) is 4.11. The summed E-state index contributed by atoms with van der Waals surface area (Å²) in [4.78, 5) is 22.4. The summed E-state index contributed by atoms with van der Waals surface area (Å²) >= 11 is 0. The minimum atomic E-state index is -1.35. The van der Waals surface area contributed by atoms with Gasteiger partial charge in [-0.1, -0.05) is 13.0 Å². The number of nitro benzene ring substituents is 1. The fraction of sp³-hybridized carbons (Fsp3) is 0.429. The van der Waals surface area contributed by atoms with Gasteiger partial charge in [0.25, 0.3) is 0 Å². The lowest BCUT2D eigenvalue weighted by atomic mass is 9.98. The maximum atomic E-state index is 11.8. The fourth-order valence-electron chi connectivity index (χ4n) is 1.77. The molecule has 0 saturated heterocycles. The molecule has 0 N–H and O–H groups in total. The lowest BCUT2D eigenvalue weighted by Gasteiger charge is -2.12. The Morgan fingerprint density at radius 2 is 2.19 bits per heavy atom. The molecular formula is C14H16N2O5. The van der Waals surface area contributed by atoms with Gasteiger partial charge in [0.15, 0.2) is 11.7 Å². The molecule has 0 saturated carbocycles. The number of hydrogen-bond donors (Lipinski definition) is 0. The van der Waals surface area contributed by atoms with Crippen LogP contribution in [0.15, 0.2) is 18.2 Å². The van der Waals surface area contributed by atoms with Gasteiger partial charge in [-0.15, -0.1) is 0 Å². The molecule has 1 rings (SSSR count). The van der Waals surface area contributed by atoms with E-state index >= 15 is 0 Å². The third-order valence-corrected chi connectivity index (χ3v) is 2.64. The molecule has 7 heteroatoms. The Balaban J connectivity index is 3.30. The second kappa shape index (κ2) is 7.85. The van der Waals surface area contributed by atoms with Crippen LogP contribution in [0.4, 0.5) is 5.69 Å². The molecule has 0 aliphatic heterocycles. The van der Waals surface area contributed by atoms with Crippen LogP contribution in [0.25, 0.3) is 0 Å². The van der Waals surface area contributed by atoms with E-state index in [9.17, 15) is 14.9 Å². The summed E-state index contributed by atoms with van der Waals surface area (Å²) in [6, 6.07) is 6.06. The first-order chi connectivity index (χ1) is 10.1. The molecule has 1 aromatic rings. The first-order valence-corrected chi connectivity index (χ1v) is 6.53. The molecule has 1 unspecified atom stereocenters. The van der Waals surface area contributed by atoms with Crippen molar-refractivity contribution in [1.82, 2.24) is 0 Å². The van der Waals surface area contributed by atoms with Crippen molar-refractivity contribution in [3.05, 3.63) is 33.9 Å². The van der Waals surface area contributed by atoms with E-state index in [4.69, 9.17) is 14.7 Å². The molecular weight excluding hydrogens is 276 g/mol. The van der Waals surface area contributed by atoms with Gasteiger partial charge in [-0.05, 0) is 25.5 Å². The summed E-state index contributed by atoms with van der Waals surface area (Å²) in [7, 11) is 0. The Morgan fingerprint density at radius 1 is 1.48 bits per heavy atom. The minimum Gasteiger partial charge on any atom is -0.487 e. The van der Waals surface area contributed by atoms with Crippen LogP contribution in [-0.4, -0.2) is 24.1 Å². The Labute approximate surface area is 122 Å². The van der Waals surface area contributed by atoms with E-state index in [2.05, 4.69) is 0 Å². The quantitative estimate of drug-likeness (QED) is 0.434. The number of carbonyl (C=O) groups is 1. The largest absolute Gasteiger partial charge is 0.487 e. The Kier molecular flexibility index (Phi) is 6.14. The highest BCUT2D eigenvalue weighted by atomic mass is 16.6. The number of esters is 1. The predicted molar refractivity (Wildman–Crippen MR) is 73.9 cm³/mol. The zero-order chi connectivity index (χ0) is 15.8. The number of para-hydroxylation sites is 1. The van der Waals surface area contributed by atoms with Crippen LogP contribution in [-0.2, 0) is 9.53 Å². The molecule has 112 valence electrons.